The lowest BCUT2D eigenvalue weighted by Gasteiger charge is -2.13. The van der Waals surface area contributed by atoms with E-state index in [1.807, 2.05) is 104 Å². The van der Waals surface area contributed by atoms with Gasteiger partial charge in [-0.2, -0.15) is 0 Å². The highest BCUT2D eigenvalue weighted by Gasteiger charge is 2.09. The van der Waals surface area contributed by atoms with Gasteiger partial charge in [0.05, 0.1) is 6.61 Å². The fourth-order valence-corrected chi connectivity index (χ4v) is 2.88. The molecule has 3 rings (SSSR count). The van der Waals surface area contributed by atoms with Crippen molar-refractivity contribution in [3.05, 3.63) is 83.7 Å². The second kappa shape index (κ2) is 12.1. The minimum Gasteiger partial charge on any atom is -1.00 e. The number of pyridine rings is 1. The molecule has 0 atom stereocenters. The molecule has 0 aliphatic carbocycles. The van der Waals surface area contributed by atoms with E-state index in [4.69, 9.17) is 9.47 Å². The number of aryl methyl sites for hydroxylation is 2. The standard InChI is InChI=1S/C25H26N2O3.HI/c1-4-29-24-17-20(10-14-22-7-5-6-16-27(22)3)11-15-23(24)30-18-25(28)26-21-12-8-19(2)9-13-21;/h5-17H,4,18H2,1-3H3;1H/b14-10+;. The summed E-state index contributed by atoms with van der Waals surface area (Å²) in [6, 6.07) is 19.4. The van der Waals surface area contributed by atoms with Crippen LogP contribution in [-0.4, -0.2) is 19.1 Å². The van der Waals surface area contributed by atoms with Crippen molar-refractivity contribution in [1.82, 2.24) is 0 Å². The second-order valence-corrected chi connectivity index (χ2v) is 6.91. The van der Waals surface area contributed by atoms with Gasteiger partial charge in [0.15, 0.2) is 24.3 Å². The highest BCUT2D eigenvalue weighted by molar-refractivity contribution is 5.91. The van der Waals surface area contributed by atoms with E-state index in [2.05, 4.69) is 5.32 Å². The first-order valence-electron chi connectivity index (χ1n) is 9.94. The number of anilines is 1. The molecule has 162 valence electrons. The molecule has 0 aliphatic heterocycles. The fourth-order valence-electron chi connectivity index (χ4n) is 2.88. The van der Waals surface area contributed by atoms with Crippen molar-refractivity contribution in [2.45, 2.75) is 13.8 Å². The van der Waals surface area contributed by atoms with Crippen LogP contribution in [-0.2, 0) is 11.8 Å². The SMILES string of the molecule is CCOc1cc(/C=C/c2cccc[n+]2C)ccc1OCC(=O)Nc1ccc(C)cc1.[I-]. The third-order valence-corrected chi connectivity index (χ3v) is 4.50. The van der Waals surface area contributed by atoms with Gasteiger partial charge in [-0.05, 0) is 55.8 Å². The number of amides is 1. The third kappa shape index (κ3) is 7.40. The van der Waals surface area contributed by atoms with Crippen molar-refractivity contribution < 1.29 is 42.8 Å². The lowest BCUT2D eigenvalue weighted by atomic mass is 10.1. The van der Waals surface area contributed by atoms with Crippen LogP contribution in [0.25, 0.3) is 12.2 Å². The molecule has 5 nitrogen and oxygen atoms in total. The van der Waals surface area contributed by atoms with E-state index >= 15 is 0 Å². The van der Waals surface area contributed by atoms with Crippen molar-refractivity contribution >= 4 is 23.7 Å². The average molecular weight is 530 g/mol. The van der Waals surface area contributed by atoms with Gasteiger partial charge in [0.1, 0.15) is 7.05 Å². The predicted octanol–water partition coefficient (Wildman–Crippen LogP) is 1.41. The number of rotatable bonds is 8. The van der Waals surface area contributed by atoms with Crippen molar-refractivity contribution in [3.8, 4) is 11.5 Å². The van der Waals surface area contributed by atoms with Gasteiger partial charge in [0, 0.05) is 23.9 Å². The van der Waals surface area contributed by atoms with Crippen molar-refractivity contribution in [3.63, 3.8) is 0 Å². The molecule has 1 amide bonds. The van der Waals surface area contributed by atoms with E-state index in [1.165, 1.54) is 0 Å². The number of halogens is 1. The molecule has 3 aromatic rings. The second-order valence-electron chi connectivity index (χ2n) is 6.91. The van der Waals surface area contributed by atoms with Crippen molar-refractivity contribution in [2.75, 3.05) is 18.5 Å². The molecule has 0 spiro atoms. The molecule has 0 bridgehead atoms. The summed E-state index contributed by atoms with van der Waals surface area (Å²) in [5, 5.41) is 2.83. The molecule has 1 aromatic heterocycles. The Kier molecular flexibility index (Phi) is 9.52. The first-order valence-corrected chi connectivity index (χ1v) is 9.94. The van der Waals surface area contributed by atoms with Crippen LogP contribution in [0.4, 0.5) is 5.69 Å². The van der Waals surface area contributed by atoms with Crippen LogP contribution >= 0.6 is 0 Å². The Balaban J connectivity index is 0.00000341. The van der Waals surface area contributed by atoms with Crippen molar-refractivity contribution in [2.24, 2.45) is 7.05 Å². The van der Waals surface area contributed by atoms with E-state index in [1.54, 1.807) is 0 Å². The number of benzene rings is 2. The minimum atomic E-state index is -0.221. The van der Waals surface area contributed by atoms with E-state index in [9.17, 15) is 4.79 Å². The molecular weight excluding hydrogens is 503 g/mol. The van der Waals surface area contributed by atoms with Crippen LogP contribution in [0.15, 0.2) is 66.9 Å². The normalized spacial score (nSPS) is 10.4. The van der Waals surface area contributed by atoms with Gasteiger partial charge < -0.3 is 38.8 Å². The summed E-state index contributed by atoms with van der Waals surface area (Å²) in [5.74, 6) is 0.931. The van der Waals surface area contributed by atoms with Gasteiger partial charge in [-0.1, -0.05) is 23.8 Å². The summed E-state index contributed by atoms with van der Waals surface area (Å²) in [5.41, 5.74) is 3.96. The van der Waals surface area contributed by atoms with Crippen LogP contribution in [0.1, 0.15) is 23.7 Å². The summed E-state index contributed by atoms with van der Waals surface area (Å²) >= 11 is 0. The van der Waals surface area contributed by atoms with Gasteiger partial charge in [-0.3, -0.25) is 4.79 Å². The summed E-state index contributed by atoms with van der Waals surface area (Å²) in [4.78, 5) is 12.2. The Morgan fingerprint density at radius 2 is 1.77 bits per heavy atom. The molecule has 1 N–H and O–H groups in total. The maximum Gasteiger partial charge on any atom is 0.262 e. The number of hydrogen-bond donors (Lipinski definition) is 1. The number of nitrogens with one attached hydrogen (secondary N) is 1. The molecule has 31 heavy (non-hydrogen) atoms. The number of nitrogens with zero attached hydrogens (tertiary/aromatic N) is 1. The topological polar surface area (TPSA) is 51.4 Å². The number of hydrogen-bond acceptors (Lipinski definition) is 3. The molecular formula is C25H27IN2O3. The van der Waals surface area contributed by atoms with Crippen LogP contribution in [0.3, 0.4) is 0 Å². The zero-order valence-electron chi connectivity index (χ0n) is 18.0. The highest BCUT2D eigenvalue weighted by atomic mass is 127. The quantitative estimate of drug-likeness (QED) is 0.354. The van der Waals surface area contributed by atoms with Gasteiger partial charge in [0.2, 0.25) is 5.69 Å². The number of ether oxygens (including phenoxy) is 2. The predicted molar refractivity (Wildman–Crippen MR) is 119 cm³/mol. The van der Waals surface area contributed by atoms with Crippen molar-refractivity contribution in [1.29, 1.82) is 0 Å². The average Bonchev–Trinajstić information content (AvgIpc) is 2.74. The van der Waals surface area contributed by atoms with E-state index in [0.29, 0.717) is 18.1 Å². The number of carbonyl (C=O) groups excluding carboxylic acids is 1. The molecule has 0 aliphatic rings. The molecule has 2 aromatic carbocycles. The summed E-state index contributed by atoms with van der Waals surface area (Å²) < 4.78 is 13.5. The van der Waals surface area contributed by atoms with E-state index in [0.717, 1.165) is 22.5 Å². The minimum absolute atomic E-state index is 0. The zero-order chi connectivity index (χ0) is 21.3. The van der Waals surface area contributed by atoms with E-state index < -0.39 is 0 Å². The monoisotopic (exact) mass is 530 g/mol. The van der Waals surface area contributed by atoms with Gasteiger partial charge in [0.25, 0.3) is 5.91 Å². The molecule has 6 heteroatoms. The maximum atomic E-state index is 12.2. The molecule has 0 unspecified atom stereocenters. The first-order chi connectivity index (χ1) is 14.5. The smallest absolute Gasteiger partial charge is 0.262 e. The summed E-state index contributed by atoms with van der Waals surface area (Å²) in [6.45, 7) is 4.33. The maximum absolute atomic E-state index is 12.2. The van der Waals surface area contributed by atoms with Gasteiger partial charge in [-0.15, -0.1) is 0 Å². The van der Waals surface area contributed by atoms with Gasteiger partial charge in [-0.25, -0.2) is 4.57 Å². The van der Waals surface area contributed by atoms with Crippen LogP contribution in [0, 0.1) is 6.92 Å². The van der Waals surface area contributed by atoms with Gasteiger partial charge >= 0.3 is 0 Å². The summed E-state index contributed by atoms with van der Waals surface area (Å²) in [6.07, 6.45) is 6.07. The molecule has 0 saturated carbocycles. The van der Waals surface area contributed by atoms with E-state index in [-0.39, 0.29) is 36.5 Å². The number of carbonyl (C=O) groups is 1. The van der Waals surface area contributed by atoms with Crippen LogP contribution in [0.5, 0.6) is 11.5 Å². The Bertz CT molecular complexity index is 1030. The molecule has 1 heterocycles. The lowest BCUT2D eigenvalue weighted by molar-refractivity contribution is -0.673. The highest BCUT2D eigenvalue weighted by Crippen LogP contribution is 2.29. The molecule has 0 radical (unpaired) electrons. The Morgan fingerprint density at radius 1 is 1.00 bits per heavy atom. The third-order valence-electron chi connectivity index (χ3n) is 4.50. The van der Waals surface area contributed by atoms with Crippen LogP contribution in [0.2, 0.25) is 0 Å². The zero-order valence-corrected chi connectivity index (χ0v) is 20.1. The lowest BCUT2D eigenvalue weighted by Crippen LogP contribution is -3.00. The van der Waals surface area contributed by atoms with Crippen LogP contribution < -0.4 is 43.3 Å². The molecule has 0 saturated heterocycles. The Labute approximate surface area is 200 Å². The Morgan fingerprint density at radius 3 is 2.48 bits per heavy atom. The first kappa shape index (κ1) is 24.4. The molecule has 0 fully saturated rings. The number of aromatic nitrogens is 1. The fraction of sp³-hybridized carbons (Fsp3) is 0.200. The largest absolute Gasteiger partial charge is 1.00 e. The Hall–Kier alpha value is -2.87. The summed E-state index contributed by atoms with van der Waals surface area (Å²) in [7, 11) is 2.00.